The molecule has 1 rings (SSSR count). The zero-order valence-electron chi connectivity index (χ0n) is 11.1. The van der Waals surface area contributed by atoms with E-state index < -0.39 is 11.0 Å². The lowest BCUT2D eigenvalue weighted by molar-refractivity contribution is -0.384. The molecule has 1 amide bonds. The molecule has 0 aliphatic carbocycles. The van der Waals surface area contributed by atoms with Gasteiger partial charge in [-0.25, -0.2) is 4.79 Å². The molecule has 3 N–H and O–H groups in total. The Kier molecular flexibility index (Phi) is 6.08. The summed E-state index contributed by atoms with van der Waals surface area (Å²) >= 11 is 0. The Morgan fingerprint density at radius 1 is 1.40 bits per heavy atom. The van der Waals surface area contributed by atoms with Gasteiger partial charge in [-0.05, 0) is 6.42 Å². The smallest absolute Gasteiger partial charge is 0.404 e. The molecule has 0 saturated heterocycles. The van der Waals surface area contributed by atoms with Crippen LogP contribution in [0.15, 0.2) is 18.2 Å². The first kappa shape index (κ1) is 15.5. The minimum atomic E-state index is -0.863. The highest BCUT2D eigenvalue weighted by molar-refractivity contribution is 5.64. The van der Waals surface area contributed by atoms with Gasteiger partial charge >= 0.3 is 6.09 Å². The van der Waals surface area contributed by atoms with Crippen LogP contribution in [0, 0.1) is 10.1 Å². The third-order valence-corrected chi connectivity index (χ3v) is 2.25. The molecule has 1 aromatic rings. The predicted octanol–water partition coefficient (Wildman–Crippen LogP) is 1.89. The van der Waals surface area contributed by atoms with Crippen molar-refractivity contribution >= 4 is 17.5 Å². The molecule has 0 aliphatic rings. The van der Waals surface area contributed by atoms with Crippen molar-refractivity contribution in [2.45, 2.75) is 13.3 Å². The lowest BCUT2D eigenvalue weighted by Gasteiger charge is -2.09. The molecular weight excluding hydrogens is 266 g/mol. The SMILES string of the molecule is CCCOc1cc(NCCOC(N)=O)cc([N+](=O)[O-])c1. The summed E-state index contributed by atoms with van der Waals surface area (Å²) in [4.78, 5) is 20.7. The maximum Gasteiger partial charge on any atom is 0.404 e. The molecule has 0 unspecified atom stereocenters. The van der Waals surface area contributed by atoms with Gasteiger partial charge in [0.25, 0.3) is 5.69 Å². The van der Waals surface area contributed by atoms with Crippen molar-refractivity contribution in [3.8, 4) is 5.75 Å². The Bertz CT molecular complexity index is 478. The Hall–Kier alpha value is -2.51. The van der Waals surface area contributed by atoms with Crippen LogP contribution in [0.3, 0.4) is 0 Å². The number of nitrogens with zero attached hydrogens (tertiary/aromatic N) is 1. The average molecular weight is 283 g/mol. The van der Waals surface area contributed by atoms with Crippen LogP contribution in [0.5, 0.6) is 5.75 Å². The highest BCUT2D eigenvalue weighted by Crippen LogP contribution is 2.26. The van der Waals surface area contributed by atoms with Crippen LogP contribution in [0.1, 0.15) is 13.3 Å². The molecule has 0 spiro atoms. The number of benzene rings is 1. The minimum absolute atomic E-state index is 0.0723. The number of carbonyl (C=O) groups is 1. The molecule has 0 aromatic heterocycles. The molecular formula is C12H17N3O5. The average Bonchev–Trinajstić information content (AvgIpc) is 2.41. The van der Waals surface area contributed by atoms with Gasteiger partial charge in [0.05, 0.1) is 17.6 Å². The Balaban J connectivity index is 2.70. The van der Waals surface area contributed by atoms with Crippen LogP contribution < -0.4 is 15.8 Å². The Morgan fingerprint density at radius 2 is 2.15 bits per heavy atom. The van der Waals surface area contributed by atoms with E-state index >= 15 is 0 Å². The van der Waals surface area contributed by atoms with E-state index in [2.05, 4.69) is 10.1 Å². The van der Waals surface area contributed by atoms with Crippen LogP contribution in [-0.4, -0.2) is 30.8 Å². The van der Waals surface area contributed by atoms with Gasteiger partial charge in [-0.15, -0.1) is 0 Å². The molecule has 0 bridgehead atoms. The first-order chi connectivity index (χ1) is 9.52. The fraction of sp³-hybridized carbons (Fsp3) is 0.417. The summed E-state index contributed by atoms with van der Waals surface area (Å²) in [5, 5.41) is 13.7. The summed E-state index contributed by atoms with van der Waals surface area (Å²) in [5.41, 5.74) is 5.26. The number of anilines is 1. The van der Waals surface area contributed by atoms with Gasteiger partial charge in [0.15, 0.2) is 0 Å². The highest BCUT2D eigenvalue weighted by atomic mass is 16.6. The lowest BCUT2D eigenvalue weighted by Crippen LogP contribution is -2.18. The molecule has 8 heteroatoms. The van der Waals surface area contributed by atoms with Crippen molar-refractivity contribution in [2.24, 2.45) is 5.73 Å². The maximum absolute atomic E-state index is 10.8. The van der Waals surface area contributed by atoms with Gasteiger partial charge in [-0.1, -0.05) is 6.92 Å². The number of hydrogen-bond donors (Lipinski definition) is 2. The summed E-state index contributed by atoms with van der Waals surface area (Å²) in [6.07, 6.45) is -0.0597. The number of nitrogens with two attached hydrogens (primary N) is 1. The minimum Gasteiger partial charge on any atom is -0.493 e. The molecule has 20 heavy (non-hydrogen) atoms. The first-order valence-electron chi connectivity index (χ1n) is 6.11. The van der Waals surface area contributed by atoms with Crippen molar-refractivity contribution in [1.29, 1.82) is 0 Å². The number of hydrogen-bond acceptors (Lipinski definition) is 6. The number of amides is 1. The molecule has 0 atom stereocenters. The second kappa shape index (κ2) is 7.82. The summed E-state index contributed by atoms with van der Waals surface area (Å²) in [6, 6.07) is 4.39. The third kappa shape index (κ3) is 5.42. The van der Waals surface area contributed by atoms with Gasteiger partial charge in [-0.2, -0.15) is 0 Å². The largest absolute Gasteiger partial charge is 0.493 e. The van der Waals surface area contributed by atoms with Crippen LogP contribution in [0.2, 0.25) is 0 Å². The van der Waals surface area contributed by atoms with E-state index in [0.29, 0.717) is 18.0 Å². The van der Waals surface area contributed by atoms with Gasteiger partial charge in [0.2, 0.25) is 0 Å². The summed E-state index contributed by atoms with van der Waals surface area (Å²) in [7, 11) is 0. The zero-order valence-corrected chi connectivity index (χ0v) is 11.1. The summed E-state index contributed by atoms with van der Waals surface area (Å²) in [5.74, 6) is 0.416. The van der Waals surface area contributed by atoms with Crippen molar-refractivity contribution in [1.82, 2.24) is 0 Å². The van der Waals surface area contributed by atoms with E-state index in [-0.39, 0.29) is 18.8 Å². The van der Waals surface area contributed by atoms with E-state index in [1.807, 2.05) is 6.92 Å². The maximum atomic E-state index is 10.8. The second-order valence-electron chi connectivity index (χ2n) is 3.92. The number of primary amides is 1. The first-order valence-corrected chi connectivity index (χ1v) is 6.11. The standard InChI is InChI=1S/C12H17N3O5/c1-2-4-19-11-7-9(6-10(8-11)15(17)18)14-3-5-20-12(13)16/h6-8,14H,2-5H2,1H3,(H2,13,16). The predicted molar refractivity (Wildman–Crippen MR) is 72.9 cm³/mol. The number of rotatable bonds is 8. The molecule has 8 nitrogen and oxygen atoms in total. The molecule has 0 saturated carbocycles. The van der Waals surface area contributed by atoms with E-state index in [4.69, 9.17) is 10.5 Å². The number of nitro groups is 1. The quantitative estimate of drug-likeness (QED) is 0.427. The third-order valence-electron chi connectivity index (χ3n) is 2.25. The van der Waals surface area contributed by atoms with Crippen LogP contribution in [-0.2, 0) is 4.74 Å². The topological polar surface area (TPSA) is 117 Å². The van der Waals surface area contributed by atoms with Crippen molar-refractivity contribution in [3.63, 3.8) is 0 Å². The summed E-state index contributed by atoms with van der Waals surface area (Å²) < 4.78 is 9.93. The van der Waals surface area contributed by atoms with Crippen LogP contribution in [0.4, 0.5) is 16.2 Å². The number of carbonyl (C=O) groups excluding carboxylic acids is 1. The number of non-ortho nitro benzene ring substituents is 1. The van der Waals surface area contributed by atoms with E-state index in [1.165, 1.54) is 12.1 Å². The summed E-state index contributed by atoms with van der Waals surface area (Å²) in [6.45, 7) is 2.78. The van der Waals surface area contributed by atoms with Crippen molar-refractivity contribution in [2.75, 3.05) is 25.1 Å². The molecule has 0 radical (unpaired) electrons. The van der Waals surface area contributed by atoms with Crippen molar-refractivity contribution < 1.29 is 19.2 Å². The lowest BCUT2D eigenvalue weighted by atomic mass is 10.2. The number of ether oxygens (including phenoxy) is 2. The molecule has 110 valence electrons. The number of nitro benzene ring substituents is 1. The van der Waals surface area contributed by atoms with Gasteiger partial charge < -0.3 is 20.5 Å². The number of nitrogens with one attached hydrogen (secondary N) is 1. The molecule has 1 aromatic carbocycles. The van der Waals surface area contributed by atoms with Gasteiger partial charge in [0.1, 0.15) is 12.4 Å². The van der Waals surface area contributed by atoms with E-state index in [0.717, 1.165) is 6.42 Å². The fourth-order valence-electron chi connectivity index (χ4n) is 1.44. The van der Waals surface area contributed by atoms with Gasteiger partial charge in [-0.3, -0.25) is 10.1 Å². The van der Waals surface area contributed by atoms with Crippen molar-refractivity contribution in [3.05, 3.63) is 28.3 Å². The van der Waals surface area contributed by atoms with E-state index in [1.54, 1.807) is 6.07 Å². The Morgan fingerprint density at radius 3 is 2.75 bits per heavy atom. The zero-order chi connectivity index (χ0) is 15.0. The normalized spacial score (nSPS) is 9.85. The second-order valence-corrected chi connectivity index (χ2v) is 3.92. The fourth-order valence-corrected chi connectivity index (χ4v) is 1.44. The molecule has 0 heterocycles. The van der Waals surface area contributed by atoms with Crippen LogP contribution >= 0.6 is 0 Å². The van der Waals surface area contributed by atoms with Gasteiger partial charge in [0, 0.05) is 24.4 Å². The highest BCUT2D eigenvalue weighted by Gasteiger charge is 2.10. The van der Waals surface area contributed by atoms with Crippen LogP contribution in [0.25, 0.3) is 0 Å². The molecule has 0 fully saturated rings. The van der Waals surface area contributed by atoms with E-state index in [9.17, 15) is 14.9 Å². The molecule has 0 aliphatic heterocycles. The Labute approximate surface area is 116 Å². The monoisotopic (exact) mass is 283 g/mol.